The molecule has 2 atom stereocenters. The van der Waals surface area contributed by atoms with Gasteiger partial charge in [-0.15, -0.1) is 0 Å². The summed E-state index contributed by atoms with van der Waals surface area (Å²) in [5.41, 5.74) is 2.39. The van der Waals surface area contributed by atoms with Crippen molar-refractivity contribution in [3.05, 3.63) is 84.5 Å². The summed E-state index contributed by atoms with van der Waals surface area (Å²) in [4.78, 5) is 0. The molecule has 1 aliphatic rings. The van der Waals surface area contributed by atoms with Crippen molar-refractivity contribution in [2.75, 3.05) is 12.8 Å². The summed E-state index contributed by atoms with van der Waals surface area (Å²) in [6.07, 6.45) is 5.59. The van der Waals surface area contributed by atoms with Crippen molar-refractivity contribution in [1.29, 1.82) is 0 Å². The normalized spacial score (nSPS) is 20.4. The molecule has 0 heterocycles. The molecule has 0 aromatic heterocycles. The Hall–Kier alpha value is -1.50. The third-order valence-electron chi connectivity index (χ3n) is 9.84. The summed E-state index contributed by atoms with van der Waals surface area (Å²) < 4.78 is 28.4. The van der Waals surface area contributed by atoms with Crippen molar-refractivity contribution in [3.63, 3.8) is 0 Å². The monoisotopic (exact) mass is 610 g/mol. The molecule has 6 heteroatoms. The van der Waals surface area contributed by atoms with E-state index in [4.69, 9.17) is 8.85 Å². The average molecular weight is 611 g/mol. The molecule has 41 heavy (non-hydrogen) atoms. The van der Waals surface area contributed by atoms with E-state index in [1.54, 1.807) is 0 Å². The molecule has 0 aliphatic heterocycles. The van der Waals surface area contributed by atoms with Gasteiger partial charge in [0.2, 0.25) is 0 Å². The molecule has 1 saturated carbocycles. The van der Waals surface area contributed by atoms with Crippen LogP contribution in [0.4, 0.5) is 0 Å². The smallest absolute Gasteiger partial charge is 0.192 e. The van der Waals surface area contributed by atoms with Gasteiger partial charge in [-0.05, 0) is 72.6 Å². The van der Waals surface area contributed by atoms with E-state index in [0.717, 1.165) is 36.5 Å². The minimum absolute atomic E-state index is 0.137. The van der Waals surface area contributed by atoms with Crippen LogP contribution >= 0.6 is 7.14 Å². The van der Waals surface area contributed by atoms with Gasteiger partial charge >= 0.3 is 0 Å². The van der Waals surface area contributed by atoms with Gasteiger partial charge in [-0.1, -0.05) is 115 Å². The Morgan fingerprint density at radius 2 is 1.34 bits per heavy atom. The molecule has 1 fully saturated rings. The van der Waals surface area contributed by atoms with Crippen LogP contribution in [0.15, 0.2) is 84.5 Å². The van der Waals surface area contributed by atoms with Crippen molar-refractivity contribution in [2.45, 2.75) is 103 Å². The minimum Gasteiger partial charge on any atom is -0.417 e. The second-order valence-electron chi connectivity index (χ2n) is 14.9. The number of hydrogen-bond donors (Lipinski definition) is 0. The van der Waals surface area contributed by atoms with E-state index in [2.05, 4.69) is 80.4 Å². The van der Waals surface area contributed by atoms with Crippen LogP contribution in [0, 0.1) is 5.92 Å². The highest BCUT2D eigenvalue weighted by atomic mass is 31.2. The highest BCUT2D eigenvalue weighted by Crippen LogP contribution is 2.47. The van der Waals surface area contributed by atoms with Crippen LogP contribution in [0.2, 0.25) is 36.3 Å². The quantitative estimate of drug-likeness (QED) is 0.198. The molecule has 3 nitrogen and oxygen atoms in total. The zero-order chi connectivity index (χ0) is 30.7. The topological polar surface area (TPSA) is 35.5 Å². The standard InChI is InChI=1S/C35H55O3PSi2/c1-28-29(22-24-37-40(8,9)34(2,3)4)26-31(38-41(10,11)35(5,6)7)27-30(28)23-25-39(36,32-18-14-12-15-19-32)33-20-16-13-17-21-33/h12-21,23,29,31H,1,22,24-27H2,2-11H3/b30-23-/t29-,31-/m1/s1. The second-order valence-corrected chi connectivity index (χ2v) is 27.3. The van der Waals surface area contributed by atoms with Gasteiger partial charge in [0.15, 0.2) is 16.6 Å². The van der Waals surface area contributed by atoms with E-state index in [-0.39, 0.29) is 16.2 Å². The van der Waals surface area contributed by atoms with E-state index in [1.165, 1.54) is 11.1 Å². The first kappa shape index (κ1) is 34.0. The van der Waals surface area contributed by atoms with Gasteiger partial charge in [0.05, 0.1) is 0 Å². The molecule has 0 radical (unpaired) electrons. The Balaban J connectivity index is 1.92. The third kappa shape index (κ3) is 8.33. The van der Waals surface area contributed by atoms with E-state index < -0.39 is 23.8 Å². The second kappa shape index (κ2) is 13.0. The van der Waals surface area contributed by atoms with Crippen molar-refractivity contribution in [1.82, 2.24) is 0 Å². The van der Waals surface area contributed by atoms with E-state index in [1.807, 2.05) is 60.7 Å². The van der Waals surface area contributed by atoms with Gasteiger partial charge in [0, 0.05) is 29.5 Å². The van der Waals surface area contributed by atoms with Crippen molar-refractivity contribution < 1.29 is 13.4 Å². The molecule has 3 rings (SSSR count). The lowest BCUT2D eigenvalue weighted by Gasteiger charge is -2.43. The summed E-state index contributed by atoms with van der Waals surface area (Å²) in [6, 6.07) is 19.9. The van der Waals surface area contributed by atoms with Gasteiger partial charge in [-0.2, -0.15) is 0 Å². The minimum atomic E-state index is -2.86. The van der Waals surface area contributed by atoms with E-state index in [0.29, 0.717) is 12.1 Å². The summed E-state index contributed by atoms with van der Waals surface area (Å²) in [5.74, 6) is 0.294. The molecule has 226 valence electrons. The Morgan fingerprint density at radius 3 is 1.80 bits per heavy atom. The van der Waals surface area contributed by atoms with Gasteiger partial charge in [-0.25, -0.2) is 0 Å². The van der Waals surface area contributed by atoms with Crippen LogP contribution in [0.5, 0.6) is 0 Å². The molecular weight excluding hydrogens is 556 g/mol. The first-order valence-corrected chi connectivity index (χ1v) is 23.0. The first-order chi connectivity index (χ1) is 18.9. The summed E-state index contributed by atoms with van der Waals surface area (Å²) in [7, 11) is -6.64. The summed E-state index contributed by atoms with van der Waals surface area (Å²) in [5, 5.41) is 2.13. The maximum absolute atomic E-state index is 14.8. The Bertz CT molecular complexity index is 1190. The highest BCUT2D eigenvalue weighted by Gasteiger charge is 2.42. The lowest BCUT2D eigenvalue weighted by molar-refractivity contribution is 0.136. The van der Waals surface area contributed by atoms with Gasteiger partial charge < -0.3 is 13.4 Å². The fraction of sp³-hybridized carbons (Fsp3) is 0.543. The predicted octanol–water partition coefficient (Wildman–Crippen LogP) is 9.70. The van der Waals surface area contributed by atoms with E-state index in [9.17, 15) is 4.57 Å². The first-order valence-electron chi connectivity index (χ1n) is 15.3. The molecule has 0 amide bonds. The summed E-state index contributed by atoms with van der Waals surface area (Å²) in [6.45, 7) is 28.5. The predicted molar refractivity (Wildman–Crippen MR) is 184 cm³/mol. The van der Waals surface area contributed by atoms with Crippen molar-refractivity contribution in [2.24, 2.45) is 5.92 Å². The van der Waals surface area contributed by atoms with Crippen molar-refractivity contribution in [3.8, 4) is 0 Å². The molecule has 0 bridgehead atoms. The third-order valence-corrected chi connectivity index (χ3v) is 21.9. The lowest BCUT2D eigenvalue weighted by Crippen LogP contribution is -2.45. The van der Waals surface area contributed by atoms with Gasteiger partial charge in [0.25, 0.3) is 0 Å². The number of benzene rings is 2. The maximum atomic E-state index is 14.8. The largest absolute Gasteiger partial charge is 0.417 e. The number of hydrogen-bond acceptors (Lipinski definition) is 3. The fourth-order valence-corrected chi connectivity index (χ4v) is 9.91. The zero-order valence-corrected chi connectivity index (χ0v) is 30.3. The molecule has 0 unspecified atom stereocenters. The molecule has 0 saturated heterocycles. The number of rotatable bonds is 10. The molecule has 0 N–H and O–H groups in total. The molecular formula is C35H55O3PSi2. The van der Waals surface area contributed by atoms with Crippen LogP contribution in [0.25, 0.3) is 0 Å². The zero-order valence-electron chi connectivity index (χ0n) is 27.4. The Morgan fingerprint density at radius 1 is 0.854 bits per heavy atom. The molecule has 2 aromatic rings. The van der Waals surface area contributed by atoms with Crippen LogP contribution in [-0.4, -0.2) is 35.5 Å². The summed E-state index contributed by atoms with van der Waals surface area (Å²) >= 11 is 0. The highest BCUT2D eigenvalue weighted by molar-refractivity contribution is 7.78. The fourth-order valence-electron chi connectivity index (χ4n) is 4.98. The van der Waals surface area contributed by atoms with Crippen LogP contribution in [0.3, 0.4) is 0 Å². The van der Waals surface area contributed by atoms with Crippen LogP contribution < -0.4 is 10.6 Å². The number of allylic oxidation sites excluding steroid dienone is 2. The SMILES string of the molecule is C=C1/C(=C\CP(=O)(c2ccccc2)c2ccccc2)C[C@H](O[Si](C)(C)C(C)(C)C)C[C@H]1CCO[Si](C)(C)C(C)(C)C. The molecule has 0 spiro atoms. The average Bonchev–Trinajstić information content (AvgIpc) is 2.88. The maximum Gasteiger partial charge on any atom is 0.192 e. The Labute approximate surface area is 253 Å². The van der Waals surface area contributed by atoms with Crippen LogP contribution in [0.1, 0.15) is 60.8 Å². The van der Waals surface area contributed by atoms with Gasteiger partial charge in [-0.3, -0.25) is 0 Å². The molecule has 2 aromatic carbocycles. The van der Waals surface area contributed by atoms with E-state index >= 15 is 0 Å². The molecule has 1 aliphatic carbocycles. The van der Waals surface area contributed by atoms with Crippen LogP contribution in [-0.2, 0) is 13.4 Å². The Kier molecular flexibility index (Phi) is 10.8. The van der Waals surface area contributed by atoms with Gasteiger partial charge in [0.1, 0.15) is 7.14 Å². The lowest BCUT2D eigenvalue weighted by atomic mass is 9.78. The van der Waals surface area contributed by atoms with Crippen molar-refractivity contribution >= 4 is 34.4 Å².